The molecule has 0 spiro atoms. The summed E-state index contributed by atoms with van der Waals surface area (Å²) in [7, 11) is 0. The van der Waals surface area contributed by atoms with Gasteiger partial charge >= 0.3 is 0 Å². The van der Waals surface area contributed by atoms with E-state index in [1.54, 1.807) is 6.07 Å². The molecule has 0 radical (unpaired) electrons. The van der Waals surface area contributed by atoms with Crippen LogP contribution in [0.15, 0.2) is 28.7 Å². The second-order valence-corrected chi connectivity index (χ2v) is 4.80. The molecular formula is C12H6ClN3OS. The van der Waals surface area contributed by atoms with Gasteiger partial charge in [-0.05, 0) is 17.6 Å². The van der Waals surface area contributed by atoms with Crippen molar-refractivity contribution in [1.82, 2.24) is 4.37 Å². The highest BCUT2D eigenvalue weighted by atomic mass is 35.5. The molecule has 0 saturated carbocycles. The van der Waals surface area contributed by atoms with Gasteiger partial charge < -0.3 is 10.2 Å². The molecule has 4 nitrogen and oxygen atoms in total. The Morgan fingerprint density at radius 3 is 2.89 bits per heavy atom. The lowest BCUT2D eigenvalue weighted by Crippen LogP contribution is -1.83. The molecule has 88 valence electrons. The predicted octanol–water partition coefficient (Wildman–Crippen LogP) is 3.66. The number of aromatic nitrogens is 1. The van der Waals surface area contributed by atoms with Crippen LogP contribution >= 0.6 is 23.1 Å². The van der Waals surface area contributed by atoms with Crippen molar-refractivity contribution in [2.24, 2.45) is 0 Å². The molecule has 0 bridgehead atoms. The van der Waals surface area contributed by atoms with E-state index in [9.17, 15) is 0 Å². The third-order valence-corrected chi connectivity index (χ3v) is 3.77. The summed E-state index contributed by atoms with van der Waals surface area (Å²) < 4.78 is 9.63. The topological polar surface area (TPSA) is 75.8 Å². The molecule has 6 heteroatoms. The van der Waals surface area contributed by atoms with Crippen LogP contribution in [0, 0.1) is 11.3 Å². The Bertz CT molecular complexity index is 784. The third-order valence-electron chi connectivity index (χ3n) is 2.58. The van der Waals surface area contributed by atoms with Crippen LogP contribution < -0.4 is 5.73 Å². The molecule has 0 atom stereocenters. The fourth-order valence-corrected chi connectivity index (χ4v) is 2.88. The number of nitrogens with zero attached hydrogens (tertiary/aromatic N) is 2. The molecule has 2 heterocycles. The maximum absolute atomic E-state index is 8.99. The highest BCUT2D eigenvalue weighted by molar-refractivity contribution is 7.11. The zero-order chi connectivity index (χ0) is 12.7. The van der Waals surface area contributed by atoms with E-state index in [1.165, 1.54) is 11.5 Å². The minimum Gasteiger partial charge on any atom is -0.436 e. The average molecular weight is 276 g/mol. The smallest absolute Gasteiger partial charge is 0.211 e. The van der Waals surface area contributed by atoms with Crippen LogP contribution in [0.2, 0.25) is 5.02 Å². The first kappa shape index (κ1) is 11.1. The Labute approximate surface area is 111 Å². The average Bonchev–Trinajstić information content (AvgIpc) is 2.88. The Kier molecular flexibility index (Phi) is 2.47. The molecular weight excluding hydrogens is 270 g/mol. The van der Waals surface area contributed by atoms with E-state index >= 15 is 0 Å². The van der Waals surface area contributed by atoms with E-state index in [2.05, 4.69) is 4.37 Å². The molecule has 18 heavy (non-hydrogen) atoms. The highest BCUT2D eigenvalue weighted by Crippen LogP contribution is 2.40. The second kappa shape index (κ2) is 4.02. The Morgan fingerprint density at radius 1 is 1.39 bits per heavy atom. The first-order valence-corrected chi connectivity index (χ1v) is 6.20. The first-order chi connectivity index (χ1) is 8.72. The monoisotopic (exact) mass is 275 g/mol. The number of fused-ring (bicyclic) bond motifs is 1. The molecule has 0 aliphatic rings. The minimum absolute atomic E-state index is 0.0936. The van der Waals surface area contributed by atoms with Crippen LogP contribution in [-0.4, -0.2) is 4.37 Å². The summed E-state index contributed by atoms with van der Waals surface area (Å²) in [6.07, 6.45) is 0. The van der Waals surface area contributed by atoms with Crippen LogP contribution in [-0.2, 0) is 0 Å². The Hall–Kier alpha value is -2.03. The van der Waals surface area contributed by atoms with E-state index in [4.69, 9.17) is 27.0 Å². The standard InChI is InChI=1S/C12H6ClN3OS/c13-8-4-2-1-3-6(8)11-10-9(16-18-11)7(5-14)12(15)17-10/h1-4H,15H2. The summed E-state index contributed by atoms with van der Waals surface area (Å²) in [5.41, 5.74) is 7.75. The van der Waals surface area contributed by atoms with Crippen molar-refractivity contribution < 1.29 is 4.42 Å². The second-order valence-electron chi connectivity index (χ2n) is 3.62. The number of hydrogen-bond acceptors (Lipinski definition) is 5. The molecule has 0 saturated heterocycles. The van der Waals surface area contributed by atoms with Gasteiger partial charge in [-0.3, -0.25) is 0 Å². The number of rotatable bonds is 1. The zero-order valence-electron chi connectivity index (χ0n) is 8.98. The summed E-state index contributed by atoms with van der Waals surface area (Å²) in [6.45, 7) is 0. The van der Waals surface area contributed by atoms with Gasteiger partial charge in [0.05, 0.1) is 4.88 Å². The lowest BCUT2D eigenvalue weighted by atomic mass is 10.1. The van der Waals surface area contributed by atoms with E-state index in [0.717, 1.165) is 10.4 Å². The number of hydrogen-bond donors (Lipinski definition) is 1. The van der Waals surface area contributed by atoms with Gasteiger partial charge in [0, 0.05) is 10.6 Å². The maximum Gasteiger partial charge on any atom is 0.211 e. The zero-order valence-corrected chi connectivity index (χ0v) is 10.5. The summed E-state index contributed by atoms with van der Waals surface area (Å²) in [6, 6.07) is 9.38. The summed E-state index contributed by atoms with van der Waals surface area (Å²) in [5.74, 6) is 0.0936. The normalized spacial score (nSPS) is 10.7. The van der Waals surface area contributed by atoms with Crippen LogP contribution in [0.4, 0.5) is 5.88 Å². The van der Waals surface area contributed by atoms with Crippen LogP contribution in [0.5, 0.6) is 0 Å². The number of halogens is 1. The van der Waals surface area contributed by atoms with E-state index < -0.39 is 0 Å². The number of benzene rings is 1. The largest absolute Gasteiger partial charge is 0.436 e. The Morgan fingerprint density at radius 2 is 2.17 bits per heavy atom. The minimum atomic E-state index is 0.0936. The van der Waals surface area contributed by atoms with Crippen molar-refractivity contribution in [2.75, 3.05) is 5.73 Å². The van der Waals surface area contributed by atoms with Gasteiger partial charge in [-0.15, -0.1) is 0 Å². The third kappa shape index (κ3) is 1.47. The molecule has 0 fully saturated rings. The van der Waals surface area contributed by atoms with Crippen molar-refractivity contribution in [1.29, 1.82) is 5.26 Å². The number of anilines is 1. The van der Waals surface area contributed by atoms with Crippen LogP contribution in [0.3, 0.4) is 0 Å². The van der Waals surface area contributed by atoms with Crippen molar-refractivity contribution in [3.63, 3.8) is 0 Å². The lowest BCUT2D eigenvalue weighted by Gasteiger charge is -1.98. The highest BCUT2D eigenvalue weighted by Gasteiger charge is 2.20. The van der Waals surface area contributed by atoms with Gasteiger partial charge in [0.1, 0.15) is 17.1 Å². The van der Waals surface area contributed by atoms with Crippen LogP contribution in [0.1, 0.15) is 5.56 Å². The van der Waals surface area contributed by atoms with Gasteiger partial charge in [-0.25, -0.2) is 0 Å². The van der Waals surface area contributed by atoms with Crippen molar-refractivity contribution in [2.45, 2.75) is 0 Å². The van der Waals surface area contributed by atoms with Crippen LogP contribution in [0.25, 0.3) is 21.5 Å². The molecule has 0 aliphatic heterocycles. The van der Waals surface area contributed by atoms with Gasteiger partial charge in [0.15, 0.2) is 5.58 Å². The number of nitrogens with two attached hydrogens (primary N) is 1. The quantitative estimate of drug-likeness (QED) is 0.735. The molecule has 2 aromatic heterocycles. The van der Waals surface area contributed by atoms with Crippen molar-refractivity contribution in [3.8, 4) is 16.5 Å². The summed E-state index contributed by atoms with van der Waals surface area (Å²) in [4.78, 5) is 0.781. The van der Waals surface area contributed by atoms with Gasteiger partial charge in [-0.1, -0.05) is 29.8 Å². The molecule has 1 aromatic carbocycles. The van der Waals surface area contributed by atoms with Gasteiger partial charge in [-0.2, -0.15) is 9.64 Å². The van der Waals surface area contributed by atoms with Gasteiger partial charge in [0.2, 0.25) is 5.88 Å². The summed E-state index contributed by atoms with van der Waals surface area (Å²) in [5, 5.41) is 9.60. The SMILES string of the molecule is N#Cc1c(N)oc2c(-c3ccccc3Cl)snc12. The molecule has 0 unspecified atom stereocenters. The fourth-order valence-electron chi connectivity index (χ4n) is 1.74. The van der Waals surface area contributed by atoms with E-state index in [1.807, 2.05) is 24.3 Å². The predicted molar refractivity (Wildman–Crippen MR) is 71.5 cm³/mol. The first-order valence-electron chi connectivity index (χ1n) is 5.05. The maximum atomic E-state index is 8.99. The van der Waals surface area contributed by atoms with Crippen molar-refractivity contribution >= 4 is 40.1 Å². The lowest BCUT2D eigenvalue weighted by molar-refractivity contribution is 0.638. The van der Waals surface area contributed by atoms with E-state index in [0.29, 0.717) is 16.1 Å². The van der Waals surface area contributed by atoms with Crippen molar-refractivity contribution in [3.05, 3.63) is 34.9 Å². The van der Waals surface area contributed by atoms with E-state index in [-0.39, 0.29) is 11.4 Å². The van der Waals surface area contributed by atoms with Gasteiger partial charge in [0.25, 0.3) is 0 Å². The summed E-state index contributed by atoms with van der Waals surface area (Å²) >= 11 is 7.38. The molecule has 3 aromatic rings. The number of furan rings is 1. The molecule has 2 N–H and O–H groups in total. The molecule has 3 rings (SSSR count). The molecule has 0 amide bonds. The Balaban J connectivity index is 2.33. The number of nitriles is 1. The number of nitrogen functional groups attached to an aromatic ring is 1. The molecule has 0 aliphatic carbocycles. The fraction of sp³-hybridized carbons (Fsp3) is 0.